The number of carbonyl (C=O) groups is 1. The molecule has 4 aromatic rings. The van der Waals surface area contributed by atoms with Crippen molar-refractivity contribution >= 4 is 33.1 Å². The molecule has 2 aromatic heterocycles. The SMILES string of the molecule is O=C(Cn1cnc2sc(-c3ccccc3)cc2c1=O)N1CCN(c2ccc(F)cc2)CC1. The molecule has 0 spiro atoms. The molecule has 3 heterocycles. The normalized spacial score (nSPS) is 14.2. The highest BCUT2D eigenvalue weighted by Gasteiger charge is 2.22. The van der Waals surface area contributed by atoms with Gasteiger partial charge in [0.1, 0.15) is 17.2 Å². The lowest BCUT2D eigenvalue weighted by Crippen LogP contribution is -2.50. The molecule has 1 fully saturated rings. The van der Waals surface area contributed by atoms with Gasteiger partial charge in [0, 0.05) is 36.7 Å². The van der Waals surface area contributed by atoms with Crippen LogP contribution in [0.2, 0.25) is 0 Å². The molecular weight excluding hydrogens is 427 g/mol. The molecule has 0 atom stereocenters. The van der Waals surface area contributed by atoms with Gasteiger partial charge in [-0.25, -0.2) is 9.37 Å². The molecule has 32 heavy (non-hydrogen) atoms. The Morgan fingerprint density at radius 1 is 1.00 bits per heavy atom. The zero-order valence-corrected chi connectivity index (χ0v) is 18.1. The van der Waals surface area contributed by atoms with Gasteiger partial charge in [-0.05, 0) is 35.9 Å². The van der Waals surface area contributed by atoms with Crippen molar-refractivity contribution in [1.82, 2.24) is 14.5 Å². The van der Waals surface area contributed by atoms with Crippen LogP contribution in [0.15, 0.2) is 71.8 Å². The molecule has 162 valence electrons. The average molecular weight is 449 g/mol. The molecule has 1 saturated heterocycles. The summed E-state index contributed by atoms with van der Waals surface area (Å²) in [6, 6.07) is 18.1. The van der Waals surface area contributed by atoms with Crippen LogP contribution >= 0.6 is 11.3 Å². The quantitative estimate of drug-likeness (QED) is 0.479. The number of anilines is 1. The highest BCUT2D eigenvalue weighted by molar-refractivity contribution is 7.21. The predicted molar refractivity (Wildman–Crippen MR) is 125 cm³/mol. The van der Waals surface area contributed by atoms with Crippen LogP contribution in [0.1, 0.15) is 0 Å². The second-order valence-corrected chi connectivity index (χ2v) is 8.75. The molecule has 0 N–H and O–H groups in total. The number of rotatable bonds is 4. The molecule has 1 aliphatic heterocycles. The van der Waals surface area contributed by atoms with Crippen LogP contribution in [0.3, 0.4) is 0 Å². The van der Waals surface area contributed by atoms with Crippen LogP contribution in [0.5, 0.6) is 0 Å². The fourth-order valence-electron chi connectivity index (χ4n) is 3.93. The third-order valence-electron chi connectivity index (χ3n) is 5.71. The van der Waals surface area contributed by atoms with E-state index in [4.69, 9.17) is 0 Å². The van der Waals surface area contributed by atoms with Crippen LogP contribution in [-0.2, 0) is 11.3 Å². The van der Waals surface area contributed by atoms with Crippen molar-refractivity contribution in [3.63, 3.8) is 0 Å². The number of carbonyl (C=O) groups excluding carboxylic acids is 1. The Kier molecular flexibility index (Phi) is 5.45. The van der Waals surface area contributed by atoms with Crippen molar-refractivity contribution < 1.29 is 9.18 Å². The van der Waals surface area contributed by atoms with E-state index in [1.54, 1.807) is 17.0 Å². The minimum atomic E-state index is -0.264. The maximum Gasteiger partial charge on any atom is 0.262 e. The van der Waals surface area contributed by atoms with E-state index in [1.807, 2.05) is 36.4 Å². The third-order valence-corrected chi connectivity index (χ3v) is 6.80. The van der Waals surface area contributed by atoms with E-state index in [0.29, 0.717) is 36.4 Å². The van der Waals surface area contributed by atoms with Gasteiger partial charge >= 0.3 is 0 Å². The Bertz CT molecular complexity index is 1310. The van der Waals surface area contributed by atoms with Crippen molar-refractivity contribution in [2.45, 2.75) is 6.54 Å². The van der Waals surface area contributed by atoms with Gasteiger partial charge in [0.15, 0.2) is 0 Å². The first-order chi connectivity index (χ1) is 15.6. The lowest BCUT2D eigenvalue weighted by atomic mass is 10.2. The molecule has 0 radical (unpaired) electrons. The Labute approximate surface area is 188 Å². The van der Waals surface area contributed by atoms with E-state index in [0.717, 1.165) is 16.1 Å². The zero-order valence-electron chi connectivity index (χ0n) is 17.3. The van der Waals surface area contributed by atoms with Gasteiger partial charge in [-0.1, -0.05) is 30.3 Å². The van der Waals surface area contributed by atoms with Gasteiger partial charge < -0.3 is 9.80 Å². The number of hydrogen-bond acceptors (Lipinski definition) is 5. The standard InChI is InChI=1S/C24H21FN4O2S/c25-18-6-8-19(9-7-18)27-10-12-28(13-11-27)22(30)15-29-16-26-23-20(24(29)31)14-21(32-23)17-4-2-1-3-5-17/h1-9,14,16H,10-13,15H2. The first kappa shape index (κ1) is 20.4. The molecule has 0 aliphatic carbocycles. The number of aromatic nitrogens is 2. The van der Waals surface area contributed by atoms with Gasteiger partial charge in [-0.2, -0.15) is 0 Å². The van der Waals surface area contributed by atoms with E-state index in [1.165, 1.54) is 34.4 Å². The number of hydrogen-bond donors (Lipinski definition) is 0. The Morgan fingerprint density at radius 3 is 2.44 bits per heavy atom. The molecule has 2 aromatic carbocycles. The minimum absolute atomic E-state index is 0.0329. The zero-order chi connectivity index (χ0) is 22.1. The van der Waals surface area contributed by atoms with Crippen molar-refractivity contribution in [1.29, 1.82) is 0 Å². The molecule has 6 nitrogen and oxygen atoms in total. The van der Waals surface area contributed by atoms with Crippen molar-refractivity contribution in [2.75, 3.05) is 31.1 Å². The molecule has 1 aliphatic rings. The Morgan fingerprint density at radius 2 is 1.72 bits per heavy atom. The number of benzene rings is 2. The van der Waals surface area contributed by atoms with Gasteiger partial charge in [-0.3, -0.25) is 14.2 Å². The number of fused-ring (bicyclic) bond motifs is 1. The van der Waals surface area contributed by atoms with Crippen molar-refractivity contribution in [2.24, 2.45) is 0 Å². The number of thiophene rings is 1. The summed E-state index contributed by atoms with van der Waals surface area (Å²) in [6.07, 6.45) is 1.46. The fraction of sp³-hybridized carbons (Fsp3) is 0.208. The Balaban J connectivity index is 1.28. The van der Waals surface area contributed by atoms with E-state index in [-0.39, 0.29) is 23.8 Å². The van der Waals surface area contributed by atoms with Gasteiger partial charge in [0.25, 0.3) is 5.56 Å². The summed E-state index contributed by atoms with van der Waals surface area (Å²) >= 11 is 1.47. The second-order valence-electron chi connectivity index (χ2n) is 7.72. The maximum absolute atomic E-state index is 13.1. The number of amides is 1. The maximum atomic E-state index is 13.1. The van der Waals surface area contributed by atoms with Crippen LogP contribution in [0, 0.1) is 5.82 Å². The molecule has 0 bridgehead atoms. The number of piperazine rings is 1. The molecule has 0 unspecified atom stereocenters. The van der Waals surface area contributed by atoms with E-state index in [9.17, 15) is 14.0 Å². The highest BCUT2D eigenvalue weighted by Crippen LogP contribution is 2.30. The summed E-state index contributed by atoms with van der Waals surface area (Å²) in [7, 11) is 0. The third kappa shape index (κ3) is 4.01. The topological polar surface area (TPSA) is 58.4 Å². The first-order valence-electron chi connectivity index (χ1n) is 10.4. The highest BCUT2D eigenvalue weighted by atomic mass is 32.1. The molecule has 0 saturated carbocycles. The summed E-state index contributed by atoms with van der Waals surface area (Å²) < 4.78 is 14.5. The van der Waals surface area contributed by atoms with Crippen LogP contribution in [0.4, 0.5) is 10.1 Å². The second kappa shape index (κ2) is 8.55. The van der Waals surface area contributed by atoms with Crippen molar-refractivity contribution in [3.05, 3.63) is 83.2 Å². The van der Waals surface area contributed by atoms with E-state index < -0.39 is 0 Å². The lowest BCUT2D eigenvalue weighted by Gasteiger charge is -2.36. The number of nitrogens with zero attached hydrogens (tertiary/aromatic N) is 4. The van der Waals surface area contributed by atoms with Crippen molar-refractivity contribution in [3.8, 4) is 10.4 Å². The molecule has 8 heteroatoms. The van der Waals surface area contributed by atoms with Gasteiger partial charge in [-0.15, -0.1) is 11.3 Å². The molecule has 5 rings (SSSR count). The summed E-state index contributed by atoms with van der Waals surface area (Å²) in [6.45, 7) is 2.40. The van der Waals surface area contributed by atoms with Crippen LogP contribution in [-0.4, -0.2) is 46.5 Å². The van der Waals surface area contributed by atoms with Gasteiger partial charge in [0.2, 0.25) is 5.91 Å². The van der Waals surface area contributed by atoms with Crippen LogP contribution in [0.25, 0.3) is 20.7 Å². The summed E-state index contributed by atoms with van der Waals surface area (Å²) in [5, 5.41) is 0.533. The summed E-state index contributed by atoms with van der Waals surface area (Å²) in [4.78, 5) is 35.8. The lowest BCUT2D eigenvalue weighted by molar-refractivity contribution is -0.132. The fourth-order valence-corrected chi connectivity index (χ4v) is 4.92. The van der Waals surface area contributed by atoms with Gasteiger partial charge in [0.05, 0.1) is 11.7 Å². The molecule has 1 amide bonds. The largest absolute Gasteiger partial charge is 0.368 e. The Hall–Kier alpha value is -3.52. The monoisotopic (exact) mass is 448 g/mol. The van der Waals surface area contributed by atoms with E-state index >= 15 is 0 Å². The van der Waals surface area contributed by atoms with E-state index in [2.05, 4.69) is 9.88 Å². The summed E-state index contributed by atoms with van der Waals surface area (Å²) in [5.74, 6) is -0.370. The number of halogens is 1. The average Bonchev–Trinajstić information content (AvgIpc) is 3.27. The minimum Gasteiger partial charge on any atom is -0.368 e. The molecular formula is C24H21FN4O2S. The predicted octanol–water partition coefficient (Wildman–Crippen LogP) is 3.61. The first-order valence-corrected chi connectivity index (χ1v) is 11.2. The summed E-state index contributed by atoms with van der Waals surface area (Å²) in [5.41, 5.74) is 1.78. The smallest absolute Gasteiger partial charge is 0.262 e. The van der Waals surface area contributed by atoms with Crippen LogP contribution < -0.4 is 10.5 Å².